The van der Waals surface area contributed by atoms with E-state index in [0.717, 1.165) is 19.0 Å². The second-order valence-corrected chi connectivity index (χ2v) is 3.00. The fourth-order valence-corrected chi connectivity index (χ4v) is 0.711. The Morgan fingerprint density at radius 3 is 2.50 bits per heavy atom. The summed E-state index contributed by atoms with van der Waals surface area (Å²) in [5.74, 6) is 0.789. The maximum Gasteiger partial charge on any atom is -0.0552 e. The Bertz CT molecular complexity index is 61.7. The zero-order valence-electron chi connectivity index (χ0n) is 7.56. The molecule has 0 aromatic carbocycles. The van der Waals surface area contributed by atoms with Gasteiger partial charge in [0.15, 0.2) is 0 Å². The fourth-order valence-electron chi connectivity index (χ4n) is 0.711. The van der Waals surface area contributed by atoms with Crippen LogP contribution in [-0.4, -0.2) is 13.1 Å². The van der Waals surface area contributed by atoms with Crippen LogP contribution in [0.25, 0.3) is 5.32 Å². The number of rotatable bonds is 6. The van der Waals surface area contributed by atoms with Gasteiger partial charge in [-0.3, -0.25) is 0 Å². The van der Waals surface area contributed by atoms with E-state index in [1.807, 2.05) is 0 Å². The third kappa shape index (κ3) is 6.09. The monoisotopic (exact) mass is 142 g/mol. The van der Waals surface area contributed by atoms with E-state index < -0.39 is 0 Å². The van der Waals surface area contributed by atoms with E-state index in [9.17, 15) is 0 Å². The first-order chi connectivity index (χ1) is 4.81. The lowest BCUT2D eigenvalue weighted by Crippen LogP contribution is -1.99. The predicted molar refractivity (Wildman–Crippen MR) is 47.5 cm³/mol. The Kier molecular flexibility index (Phi) is 7.04. The van der Waals surface area contributed by atoms with Crippen molar-refractivity contribution >= 4 is 0 Å². The maximum absolute atomic E-state index is 4.43. The molecule has 0 aromatic heterocycles. The zero-order chi connectivity index (χ0) is 7.82. The maximum atomic E-state index is 4.43. The van der Waals surface area contributed by atoms with Crippen LogP contribution in [0.4, 0.5) is 0 Å². The summed E-state index contributed by atoms with van der Waals surface area (Å²) in [7, 11) is 0. The Morgan fingerprint density at radius 2 is 2.00 bits per heavy atom. The molecule has 0 fully saturated rings. The predicted octanol–water partition coefficient (Wildman–Crippen LogP) is 3.21. The largest absolute Gasteiger partial charge is 0.662 e. The minimum Gasteiger partial charge on any atom is -0.662 e. The van der Waals surface area contributed by atoms with Gasteiger partial charge in [0.05, 0.1) is 0 Å². The van der Waals surface area contributed by atoms with Crippen LogP contribution in [0.2, 0.25) is 0 Å². The molecule has 0 aliphatic heterocycles. The van der Waals surface area contributed by atoms with Crippen molar-refractivity contribution in [2.24, 2.45) is 5.92 Å². The van der Waals surface area contributed by atoms with Crippen LogP contribution in [0.1, 0.15) is 40.0 Å². The van der Waals surface area contributed by atoms with E-state index in [4.69, 9.17) is 0 Å². The molecule has 1 heteroatoms. The molecule has 0 heterocycles. The summed E-state index contributed by atoms with van der Waals surface area (Å²) < 4.78 is 0. The highest BCUT2D eigenvalue weighted by atomic mass is 14.8. The zero-order valence-corrected chi connectivity index (χ0v) is 7.56. The molecule has 0 N–H and O–H groups in total. The van der Waals surface area contributed by atoms with Gasteiger partial charge in [-0.1, -0.05) is 46.0 Å². The Hall–Kier alpha value is -0.0400. The highest BCUT2D eigenvalue weighted by Crippen LogP contribution is 2.05. The summed E-state index contributed by atoms with van der Waals surface area (Å²) in [5, 5.41) is 4.43. The number of hydrogen-bond acceptors (Lipinski definition) is 0. The lowest BCUT2D eigenvalue weighted by molar-refractivity contribution is 0.591. The molecule has 0 saturated carbocycles. The van der Waals surface area contributed by atoms with Gasteiger partial charge >= 0.3 is 0 Å². The van der Waals surface area contributed by atoms with Crippen LogP contribution < -0.4 is 0 Å². The van der Waals surface area contributed by atoms with E-state index in [1.165, 1.54) is 19.3 Å². The molecule has 0 aliphatic rings. The molecule has 10 heavy (non-hydrogen) atoms. The van der Waals surface area contributed by atoms with Crippen molar-refractivity contribution in [3.8, 4) is 0 Å². The van der Waals surface area contributed by atoms with Gasteiger partial charge in [-0.25, -0.2) is 0 Å². The first-order valence-corrected chi connectivity index (χ1v) is 4.44. The van der Waals surface area contributed by atoms with Gasteiger partial charge in [0.2, 0.25) is 0 Å². The highest BCUT2D eigenvalue weighted by molar-refractivity contribution is 4.80. The number of unbranched alkanes of at least 4 members (excludes halogenated alkanes) is 1. The van der Waals surface area contributed by atoms with Crippen LogP contribution in [0, 0.1) is 5.92 Å². The molecule has 0 radical (unpaired) electrons. The molecule has 0 bridgehead atoms. The van der Waals surface area contributed by atoms with Gasteiger partial charge in [0.1, 0.15) is 0 Å². The molecule has 0 aromatic rings. The topological polar surface area (TPSA) is 14.1 Å². The minimum atomic E-state index is 0.789. The van der Waals surface area contributed by atoms with Crippen LogP contribution in [-0.2, 0) is 0 Å². The molecule has 1 unspecified atom stereocenters. The second-order valence-electron chi connectivity index (χ2n) is 3.00. The van der Waals surface area contributed by atoms with Gasteiger partial charge in [-0.2, -0.15) is 0 Å². The van der Waals surface area contributed by atoms with Crippen LogP contribution >= 0.6 is 0 Å². The average molecular weight is 142 g/mol. The van der Waals surface area contributed by atoms with Crippen LogP contribution in [0.3, 0.4) is 0 Å². The molecule has 0 amide bonds. The van der Waals surface area contributed by atoms with Crippen molar-refractivity contribution in [3.05, 3.63) is 5.32 Å². The standard InChI is InChI=1S/C9H20N/c1-4-6-7-10-8-9(3)5-2/h9H,4-8H2,1-3H3/q-1. The fraction of sp³-hybridized carbons (Fsp3) is 1.00. The van der Waals surface area contributed by atoms with E-state index >= 15 is 0 Å². The number of hydrogen-bond donors (Lipinski definition) is 0. The summed E-state index contributed by atoms with van der Waals surface area (Å²) in [5.41, 5.74) is 0. The normalized spacial score (nSPS) is 13.5. The SMILES string of the molecule is CCCC[N-]CC(C)CC. The van der Waals surface area contributed by atoms with E-state index in [1.54, 1.807) is 0 Å². The Labute approximate surface area is 65.2 Å². The third-order valence-electron chi connectivity index (χ3n) is 1.81. The summed E-state index contributed by atoms with van der Waals surface area (Å²) >= 11 is 0. The van der Waals surface area contributed by atoms with Crippen molar-refractivity contribution in [2.45, 2.75) is 40.0 Å². The molecule has 1 atom stereocenters. The summed E-state index contributed by atoms with van der Waals surface area (Å²) in [4.78, 5) is 0. The smallest absolute Gasteiger partial charge is 0.0552 e. The molecular weight excluding hydrogens is 122 g/mol. The van der Waals surface area contributed by atoms with Crippen molar-refractivity contribution < 1.29 is 0 Å². The van der Waals surface area contributed by atoms with E-state index in [-0.39, 0.29) is 0 Å². The minimum absolute atomic E-state index is 0.789. The summed E-state index contributed by atoms with van der Waals surface area (Å²) in [6.45, 7) is 8.82. The molecule has 0 saturated heterocycles. The summed E-state index contributed by atoms with van der Waals surface area (Å²) in [6, 6.07) is 0. The van der Waals surface area contributed by atoms with E-state index in [0.29, 0.717) is 0 Å². The molecule has 0 rings (SSSR count). The molecule has 0 aliphatic carbocycles. The van der Waals surface area contributed by atoms with E-state index in [2.05, 4.69) is 26.1 Å². The lowest BCUT2D eigenvalue weighted by Gasteiger charge is -2.22. The molecule has 62 valence electrons. The molecule has 0 spiro atoms. The Balaban J connectivity index is 2.89. The quantitative estimate of drug-likeness (QED) is 0.506. The highest BCUT2D eigenvalue weighted by Gasteiger charge is 1.87. The molecular formula is C9H20N-. The molecule has 1 nitrogen and oxygen atoms in total. The lowest BCUT2D eigenvalue weighted by atomic mass is 10.1. The Morgan fingerprint density at radius 1 is 1.30 bits per heavy atom. The first-order valence-electron chi connectivity index (χ1n) is 4.44. The van der Waals surface area contributed by atoms with Crippen molar-refractivity contribution in [1.29, 1.82) is 0 Å². The average Bonchev–Trinajstić information content (AvgIpc) is 1.98. The second kappa shape index (κ2) is 7.07. The third-order valence-corrected chi connectivity index (χ3v) is 1.81. The van der Waals surface area contributed by atoms with Gasteiger partial charge in [0, 0.05) is 0 Å². The van der Waals surface area contributed by atoms with Crippen molar-refractivity contribution in [2.75, 3.05) is 13.1 Å². The summed E-state index contributed by atoms with van der Waals surface area (Å²) in [6.07, 6.45) is 3.79. The van der Waals surface area contributed by atoms with Gasteiger partial charge < -0.3 is 5.32 Å². The van der Waals surface area contributed by atoms with Crippen LogP contribution in [0.5, 0.6) is 0 Å². The van der Waals surface area contributed by atoms with Crippen molar-refractivity contribution in [1.82, 2.24) is 0 Å². The van der Waals surface area contributed by atoms with Crippen molar-refractivity contribution in [3.63, 3.8) is 0 Å². The number of nitrogens with zero attached hydrogens (tertiary/aromatic N) is 1. The first kappa shape index (κ1) is 9.96. The van der Waals surface area contributed by atoms with Gasteiger partial charge in [-0.15, -0.1) is 13.1 Å². The van der Waals surface area contributed by atoms with Gasteiger partial charge in [-0.05, 0) is 0 Å². The van der Waals surface area contributed by atoms with Crippen LogP contribution in [0.15, 0.2) is 0 Å². The van der Waals surface area contributed by atoms with Gasteiger partial charge in [0.25, 0.3) is 0 Å².